The van der Waals surface area contributed by atoms with Gasteiger partial charge in [0.15, 0.2) is 0 Å². The Bertz CT molecular complexity index is 788. The van der Waals surface area contributed by atoms with Crippen molar-refractivity contribution in [2.75, 3.05) is 24.5 Å². The van der Waals surface area contributed by atoms with Crippen molar-refractivity contribution in [1.82, 2.24) is 15.5 Å². The molecule has 0 spiro atoms. The Labute approximate surface area is 166 Å². The summed E-state index contributed by atoms with van der Waals surface area (Å²) in [5.74, 6) is 0.900. The van der Waals surface area contributed by atoms with Crippen molar-refractivity contribution in [2.45, 2.75) is 25.7 Å². The highest BCUT2D eigenvalue weighted by Gasteiger charge is 2.29. The maximum atomic E-state index is 12.4. The topological polar surface area (TPSA) is 58.1 Å². The van der Waals surface area contributed by atoms with Gasteiger partial charge in [0.1, 0.15) is 5.01 Å². The van der Waals surface area contributed by atoms with Crippen LogP contribution in [0.1, 0.15) is 25.7 Å². The second kappa shape index (κ2) is 7.71. The molecule has 138 valence electrons. The molecule has 1 aromatic carbocycles. The van der Waals surface area contributed by atoms with E-state index >= 15 is 0 Å². The Hall–Kier alpha value is -1.37. The Morgan fingerprint density at radius 3 is 2.69 bits per heavy atom. The maximum absolute atomic E-state index is 12.4. The number of amides is 1. The molecule has 2 fully saturated rings. The lowest BCUT2D eigenvalue weighted by Gasteiger charge is -2.31. The lowest BCUT2D eigenvalue weighted by Crippen LogP contribution is -2.43. The average molecular weight is 411 g/mol. The normalized spacial score (nSPS) is 20.2. The first kappa shape index (κ1) is 18.0. The van der Waals surface area contributed by atoms with Crippen LogP contribution in [0.3, 0.4) is 0 Å². The minimum absolute atomic E-state index is 0.0236. The largest absolute Gasteiger partial charge is 0.356 e. The molecule has 26 heavy (non-hydrogen) atoms. The van der Waals surface area contributed by atoms with Crippen molar-refractivity contribution in [1.29, 1.82) is 0 Å². The molecule has 0 radical (unpaired) electrons. The highest BCUT2D eigenvalue weighted by atomic mass is 35.5. The summed E-state index contributed by atoms with van der Waals surface area (Å²) >= 11 is 13.7. The minimum Gasteiger partial charge on any atom is -0.356 e. The van der Waals surface area contributed by atoms with Crippen LogP contribution in [-0.2, 0) is 4.79 Å². The molecular weight excluding hydrogens is 391 g/mol. The predicted octanol–water partition coefficient (Wildman–Crippen LogP) is 4.25. The van der Waals surface area contributed by atoms with Gasteiger partial charge < -0.3 is 10.2 Å². The summed E-state index contributed by atoms with van der Waals surface area (Å²) in [6.45, 7) is 2.42. The summed E-state index contributed by atoms with van der Waals surface area (Å²) < 4.78 is 0. The highest BCUT2D eigenvalue weighted by molar-refractivity contribution is 7.18. The van der Waals surface area contributed by atoms with Crippen LogP contribution in [0.25, 0.3) is 10.6 Å². The number of nitrogens with one attached hydrogen (secondary N) is 1. The van der Waals surface area contributed by atoms with Crippen molar-refractivity contribution in [3.05, 3.63) is 28.2 Å². The zero-order valence-corrected chi connectivity index (χ0v) is 16.6. The molecule has 1 unspecified atom stereocenters. The van der Waals surface area contributed by atoms with E-state index in [1.807, 2.05) is 12.1 Å². The highest BCUT2D eigenvalue weighted by Crippen LogP contribution is 2.34. The van der Waals surface area contributed by atoms with Crippen LogP contribution in [0.15, 0.2) is 18.2 Å². The fourth-order valence-corrected chi connectivity index (χ4v) is 4.61. The number of benzene rings is 1. The van der Waals surface area contributed by atoms with Gasteiger partial charge in [-0.25, -0.2) is 0 Å². The van der Waals surface area contributed by atoms with Crippen molar-refractivity contribution in [3.63, 3.8) is 0 Å². The fraction of sp³-hybridized carbons (Fsp3) is 0.500. The molecule has 2 aromatic rings. The van der Waals surface area contributed by atoms with Gasteiger partial charge in [-0.3, -0.25) is 4.79 Å². The summed E-state index contributed by atoms with van der Waals surface area (Å²) in [6, 6.07) is 5.37. The summed E-state index contributed by atoms with van der Waals surface area (Å²) in [6.07, 6.45) is 4.41. The Kier molecular flexibility index (Phi) is 5.34. The predicted molar refractivity (Wildman–Crippen MR) is 106 cm³/mol. The third-order valence-corrected chi connectivity index (χ3v) is 6.32. The second-order valence-corrected chi connectivity index (χ2v) is 8.85. The van der Waals surface area contributed by atoms with Gasteiger partial charge in [-0.05, 0) is 49.8 Å². The molecule has 1 aromatic heterocycles. The number of piperidine rings is 1. The molecule has 1 aliphatic heterocycles. The minimum atomic E-state index is 0.0236. The van der Waals surface area contributed by atoms with Gasteiger partial charge in [0.2, 0.25) is 11.0 Å². The number of hydrogen-bond donors (Lipinski definition) is 1. The monoisotopic (exact) mass is 410 g/mol. The van der Waals surface area contributed by atoms with E-state index in [2.05, 4.69) is 20.4 Å². The molecule has 8 heteroatoms. The van der Waals surface area contributed by atoms with E-state index < -0.39 is 0 Å². The molecule has 2 heterocycles. The van der Waals surface area contributed by atoms with Crippen LogP contribution < -0.4 is 10.2 Å². The van der Waals surface area contributed by atoms with Gasteiger partial charge in [-0.2, -0.15) is 0 Å². The van der Waals surface area contributed by atoms with E-state index in [4.69, 9.17) is 23.2 Å². The zero-order valence-electron chi connectivity index (χ0n) is 14.3. The standard InChI is InChI=1S/C18H20Cl2N4OS/c19-14-6-13(7-15(20)8-14)17-22-23-18(26-17)24-5-1-2-12(10-24)16(25)21-9-11-3-4-11/h6-8,11-12H,1-5,9-10H2,(H,21,25). The lowest BCUT2D eigenvalue weighted by molar-refractivity contribution is -0.125. The van der Waals surface area contributed by atoms with Crippen molar-refractivity contribution >= 4 is 45.6 Å². The summed E-state index contributed by atoms with van der Waals surface area (Å²) in [5.41, 5.74) is 0.863. The zero-order chi connectivity index (χ0) is 18.1. The first-order valence-electron chi connectivity index (χ1n) is 8.91. The third kappa shape index (κ3) is 4.30. The number of aromatic nitrogens is 2. The number of halogens is 2. The molecule has 1 saturated heterocycles. The number of hydrogen-bond acceptors (Lipinski definition) is 5. The molecule has 4 rings (SSSR count). The van der Waals surface area contributed by atoms with Gasteiger partial charge in [-0.15, -0.1) is 10.2 Å². The number of rotatable bonds is 5. The van der Waals surface area contributed by atoms with Crippen LogP contribution in [0.4, 0.5) is 5.13 Å². The summed E-state index contributed by atoms with van der Waals surface area (Å²) in [5, 5.41) is 14.5. The molecule has 1 aliphatic carbocycles. The van der Waals surface area contributed by atoms with Gasteiger partial charge in [-0.1, -0.05) is 34.5 Å². The smallest absolute Gasteiger partial charge is 0.224 e. The SMILES string of the molecule is O=C(NCC1CC1)C1CCCN(c2nnc(-c3cc(Cl)cc(Cl)c3)s2)C1. The molecule has 1 amide bonds. The van der Waals surface area contributed by atoms with Crippen LogP contribution in [0, 0.1) is 11.8 Å². The molecule has 5 nitrogen and oxygen atoms in total. The number of nitrogens with zero attached hydrogens (tertiary/aromatic N) is 3. The van der Waals surface area contributed by atoms with Crippen molar-refractivity contribution < 1.29 is 4.79 Å². The van der Waals surface area contributed by atoms with Crippen molar-refractivity contribution in [2.24, 2.45) is 11.8 Å². The maximum Gasteiger partial charge on any atom is 0.224 e. The van der Waals surface area contributed by atoms with Crippen LogP contribution in [0.5, 0.6) is 0 Å². The number of carbonyl (C=O) groups excluding carboxylic acids is 1. The molecule has 1 atom stereocenters. The number of anilines is 1. The van der Waals surface area contributed by atoms with Crippen LogP contribution in [-0.4, -0.2) is 35.7 Å². The molecule has 2 aliphatic rings. The average Bonchev–Trinajstić information content (AvgIpc) is 3.32. The van der Waals surface area contributed by atoms with Gasteiger partial charge in [0.25, 0.3) is 0 Å². The van der Waals surface area contributed by atoms with Crippen LogP contribution >= 0.6 is 34.5 Å². The Morgan fingerprint density at radius 2 is 1.96 bits per heavy atom. The lowest BCUT2D eigenvalue weighted by atomic mass is 9.97. The van der Waals surface area contributed by atoms with Gasteiger partial charge in [0, 0.05) is 35.2 Å². The van der Waals surface area contributed by atoms with E-state index in [0.717, 1.165) is 41.6 Å². The summed E-state index contributed by atoms with van der Waals surface area (Å²) in [7, 11) is 0. The molecule has 1 saturated carbocycles. The van der Waals surface area contributed by atoms with Crippen molar-refractivity contribution in [3.8, 4) is 10.6 Å². The Morgan fingerprint density at radius 1 is 1.19 bits per heavy atom. The Balaban J connectivity index is 1.43. The van der Waals surface area contributed by atoms with Gasteiger partial charge >= 0.3 is 0 Å². The van der Waals surface area contributed by atoms with E-state index in [1.54, 1.807) is 6.07 Å². The third-order valence-electron chi connectivity index (χ3n) is 4.85. The second-order valence-electron chi connectivity index (χ2n) is 7.02. The quantitative estimate of drug-likeness (QED) is 0.799. The van der Waals surface area contributed by atoms with E-state index in [9.17, 15) is 4.79 Å². The fourth-order valence-electron chi connectivity index (χ4n) is 3.21. The first-order chi connectivity index (χ1) is 12.6. The van der Waals surface area contributed by atoms with E-state index in [-0.39, 0.29) is 11.8 Å². The molecule has 1 N–H and O–H groups in total. The van der Waals surface area contributed by atoms with Gasteiger partial charge in [0.05, 0.1) is 5.92 Å². The van der Waals surface area contributed by atoms with E-state index in [0.29, 0.717) is 22.5 Å². The molecular formula is C18H20Cl2N4OS. The first-order valence-corrected chi connectivity index (χ1v) is 10.5. The number of carbonyl (C=O) groups is 1. The molecule has 0 bridgehead atoms. The summed E-state index contributed by atoms with van der Waals surface area (Å²) in [4.78, 5) is 14.6. The van der Waals surface area contributed by atoms with E-state index in [1.165, 1.54) is 24.2 Å². The van der Waals surface area contributed by atoms with Crippen LogP contribution in [0.2, 0.25) is 10.0 Å².